The summed E-state index contributed by atoms with van der Waals surface area (Å²) < 4.78 is 17.4. The molecule has 0 atom stereocenters. The molecule has 0 saturated heterocycles. The molecular weight excluding hydrogens is 410 g/mol. The summed E-state index contributed by atoms with van der Waals surface area (Å²) in [7, 11) is 4.42. The lowest BCUT2D eigenvalue weighted by Crippen LogP contribution is -2.36. The van der Waals surface area contributed by atoms with Crippen molar-refractivity contribution in [3.63, 3.8) is 0 Å². The topological polar surface area (TPSA) is 82.9 Å². The highest BCUT2D eigenvalue weighted by molar-refractivity contribution is 5.97. The molecular formula is C24H27N3O5. The average molecular weight is 437 g/mol. The van der Waals surface area contributed by atoms with Crippen LogP contribution in [0.5, 0.6) is 11.5 Å². The second-order valence-electron chi connectivity index (χ2n) is 7.29. The molecule has 1 aromatic carbocycles. The highest BCUT2D eigenvalue weighted by atomic mass is 16.5. The SMILES string of the molecule is COC(=O)CN(Cc1cc(OC)cc(OC)c1)C(=O)c1cc(C)n(-c2cccnc2)c1C. The zero-order chi connectivity index (χ0) is 23.3. The molecule has 0 aliphatic heterocycles. The number of amides is 1. The van der Waals surface area contributed by atoms with Gasteiger partial charge in [-0.2, -0.15) is 0 Å². The largest absolute Gasteiger partial charge is 0.497 e. The molecule has 2 heterocycles. The Kier molecular flexibility index (Phi) is 7.14. The van der Waals surface area contributed by atoms with Gasteiger partial charge in [-0.15, -0.1) is 0 Å². The summed E-state index contributed by atoms with van der Waals surface area (Å²) in [4.78, 5) is 31.3. The summed E-state index contributed by atoms with van der Waals surface area (Å²) in [5, 5.41) is 0. The Hall–Kier alpha value is -3.81. The Morgan fingerprint density at radius 2 is 1.72 bits per heavy atom. The molecule has 0 bridgehead atoms. The number of hydrogen-bond acceptors (Lipinski definition) is 6. The van der Waals surface area contributed by atoms with Crippen LogP contribution in [0.25, 0.3) is 5.69 Å². The summed E-state index contributed by atoms with van der Waals surface area (Å²) in [6, 6.07) is 10.9. The van der Waals surface area contributed by atoms with E-state index in [1.807, 2.05) is 36.6 Å². The van der Waals surface area contributed by atoms with Gasteiger partial charge in [0.25, 0.3) is 5.91 Å². The number of methoxy groups -OCH3 is 3. The van der Waals surface area contributed by atoms with E-state index in [2.05, 4.69) is 4.98 Å². The number of rotatable bonds is 8. The van der Waals surface area contributed by atoms with Gasteiger partial charge in [-0.25, -0.2) is 0 Å². The third-order valence-corrected chi connectivity index (χ3v) is 5.19. The number of ether oxygens (including phenoxy) is 3. The fraction of sp³-hybridized carbons (Fsp3) is 0.292. The Bertz CT molecular complexity index is 1090. The highest BCUT2D eigenvalue weighted by Crippen LogP contribution is 2.26. The zero-order valence-electron chi connectivity index (χ0n) is 18.9. The Labute approximate surface area is 187 Å². The molecule has 168 valence electrons. The summed E-state index contributed by atoms with van der Waals surface area (Å²) >= 11 is 0. The van der Waals surface area contributed by atoms with Crippen LogP contribution in [-0.4, -0.2) is 54.2 Å². The van der Waals surface area contributed by atoms with Crippen LogP contribution in [0, 0.1) is 13.8 Å². The van der Waals surface area contributed by atoms with Gasteiger partial charge in [0, 0.05) is 30.2 Å². The summed E-state index contributed by atoms with van der Waals surface area (Å²) in [5.41, 5.74) is 3.78. The van der Waals surface area contributed by atoms with E-state index in [1.54, 1.807) is 44.8 Å². The molecule has 0 radical (unpaired) electrons. The minimum absolute atomic E-state index is 0.179. The van der Waals surface area contributed by atoms with Crippen molar-refractivity contribution in [2.24, 2.45) is 0 Å². The maximum absolute atomic E-state index is 13.6. The third kappa shape index (κ3) is 4.91. The van der Waals surface area contributed by atoms with Crippen molar-refractivity contribution in [2.75, 3.05) is 27.9 Å². The first-order valence-electron chi connectivity index (χ1n) is 10.0. The van der Waals surface area contributed by atoms with Gasteiger partial charge in [0.15, 0.2) is 0 Å². The van der Waals surface area contributed by atoms with Crippen LogP contribution in [0.4, 0.5) is 0 Å². The van der Waals surface area contributed by atoms with E-state index in [-0.39, 0.29) is 19.0 Å². The molecule has 0 saturated carbocycles. The van der Waals surface area contributed by atoms with E-state index in [9.17, 15) is 9.59 Å². The molecule has 3 aromatic rings. The van der Waals surface area contributed by atoms with Gasteiger partial charge < -0.3 is 23.7 Å². The molecule has 3 rings (SSSR count). The molecule has 32 heavy (non-hydrogen) atoms. The van der Waals surface area contributed by atoms with Crippen molar-refractivity contribution in [1.82, 2.24) is 14.5 Å². The molecule has 0 fully saturated rings. The van der Waals surface area contributed by atoms with E-state index in [1.165, 1.54) is 12.0 Å². The smallest absolute Gasteiger partial charge is 0.325 e. The zero-order valence-corrected chi connectivity index (χ0v) is 18.9. The number of carbonyl (C=O) groups excluding carboxylic acids is 2. The lowest BCUT2D eigenvalue weighted by Gasteiger charge is -2.22. The predicted octanol–water partition coefficient (Wildman–Crippen LogP) is 3.32. The van der Waals surface area contributed by atoms with E-state index >= 15 is 0 Å². The van der Waals surface area contributed by atoms with Crippen LogP contribution < -0.4 is 9.47 Å². The number of benzene rings is 1. The van der Waals surface area contributed by atoms with Crippen molar-refractivity contribution in [2.45, 2.75) is 20.4 Å². The molecule has 2 aromatic heterocycles. The summed E-state index contributed by atoms with van der Waals surface area (Å²) in [6.07, 6.45) is 3.44. The van der Waals surface area contributed by atoms with Crippen LogP contribution in [0.2, 0.25) is 0 Å². The van der Waals surface area contributed by atoms with E-state index in [0.717, 1.165) is 22.6 Å². The second kappa shape index (κ2) is 10.00. The number of hydrogen-bond donors (Lipinski definition) is 0. The standard InChI is InChI=1S/C24H27N3O5/c1-16-9-22(17(2)27(16)19-7-6-8-25-13-19)24(29)26(15-23(28)32-5)14-18-10-20(30-3)12-21(11-18)31-4/h6-13H,14-15H2,1-5H3. The quantitative estimate of drug-likeness (QED) is 0.503. The van der Waals surface area contributed by atoms with Gasteiger partial charge in [-0.1, -0.05) is 0 Å². The first-order valence-corrected chi connectivity index (χ1v) is 10.0. The van der Waals surface area contributed by atoms with Crippen LogP contribution in [0.3, 0.4) is 0 Å². The van der Waals surface area contributed by atoms with E-state index in [4.69, 9.17) is 14.2 Å². The number of aromatic nitrogens is 2. The maximum atomic E-state index is 13.6. The maximum Gasteiger partial charge on any atom is 0.325 e. The van der Waals surface area contributed by atoms with Crippen molar-refractivity contribution in [3.05, 3.63) is 71.3 Å². The van der Waals surface area contributed by atoms with Gasteiger partial charge >= 0.3 is 5.97 Å². The van der Waals surface area contributed by atoms with Gasteiger partial charge in [0.05, 0.1) is 38.8 Å². The lowest BCUT2D eigenvalue weighted by molar-refractivity contribution is -0.141. The van der Waals surface area contributed by atoms with E-state index in [0.29, 0.717) is 17.1 Å². The van der Waals surface area contributed by atoms with Gasteiger partial charge in [-0.3, -0.25) is 14.6 Å². The predicted molar refractivity (Wildman–Crippen MR) is 119 cm³/mol. The van der Waals surface area contributed by atoms with Crippen molar-refractivity contribution >= 4 is 11.9 Å². The minimum atomic E-state index is -0.505. The molecule has 0 aliphatic rings. The Morgan fingerprint density at radius 3 is 2.28 bits per heavy atom. The number of esters is 1. The molecule has 0 spiro atoms. The van der Waals surface area contributed by atoms with Crippen LogP contribution >= 0.6 is 0 Å². The number of aryl methyl sites for hydroxylation is 1. The van der Waals surface area contributed by atoms with Crippen LogP contribution in [0.1, 0.15) is 27.3 Å². The van der Waals surface area contributed by atoms with Crippen molar-refractivity contribution < 1.29 is 23.8 Å². The first-order chi connectivity index (χ1) is 15.4. The molecule has 0 aliphatic carbocycles. The number of nitrogens with zero attached hydrogens (tertiary/aromatic N) is 3. The summed E-state index contributed by atoms with van der Waals surface area (Å²) in [6.45, 7) is 3.79. The highest BCUT2D eigenvalue weighted by Gasteiger charge is 2.24. The van der Waals surface area contributed by atoms with Gasteiger partial charge in [-0.05, 0) is 49.7 Å². The fourth-order valence-electron chi connectivity index (χ4n) is 3.63. The number of carbonyl (C=O) groups is 2. The molecule has 0 N–H and O–H groups in total. The van der Waals surface area contributed by atoms with Crippen LogP contribution in [0.15, 0.2) is 48.8 Å². The normalized spacial score (nSPS) is 10.5. The Balaban J connectivity index is 1.98. The molecule has 1 amide bonds. The first kappa shape index (κ1) is 22.9. The monoisotopic (exact) mass is 437 g/mol. The lowest BCUT2D eigenvalue weighted by atomic mass is 10.1. The third-order valence-electron chi connectivity index (χ3n) is 5.19. The Morgan fingerprint density at radius 1 is 1.03 bits per heavy atom. The summed E-state index contributed by atoms with van der Waals surface area (Å²) in [5.74, 6) is 0.411. The van der Waals surface area contributed by atoms with Gasteiger partial charge in [0.2, 0.25) is 0 Å². The molecule has 0 unspecified atom stereocenters. The second-order valence-corrected chi connectivity index (χ2v) is 7.29. The minimum Gasteiger partial charge on any atom is -0.497 e. The van der Waals surface area contributed by atoms with Crippen LogP contribution in [-0.2, 0) is 16.1 Å². The van der Waals surface area contributed by atoms with Gasteiger partial charge in [0.1, 0.15) is 18.0 Å². The molecule has 8 nitrogen and oxygen atoms in total. The average Bonchev–Trinajstić information content (AvgIpc) is 3.11. The number of pyridine rings is 1. The molecule has 8 heteroatoms. The van der Waals surface area contributed by atoms with E-state index < -0.39 is 5.97 Å². The van der Waals surface area contributed by atoms with Crippen molar-refractivity contribution in [1.29, 1.82) is 0 Å². The van der Waals surface area contributed by atoms with Crippen molar-refractivity contribution in [3.8, 4) is 17.2 Å². The fourth-order valence-corrected chi connectivity index (χ4v) is 3.63.